The fraction of sp³-hybridized carbons (Fsp3) is 0.500. The van der Waals surface area contributed by atoms with E-state index in [1.165, 1.54) is 18.2 Å². The summed E-state index contributed by atoms with van der Waals surface area (Å²) in [6, 6.07) is 4.23. The van der Waals surface area contributed by atoms with Gasteiger partial charge in [0.1, 0.15) is 5.82 Å². The zero-order valence-corrected chi connectivity index (χ0v) is 13.1. The molecule has 4 nitrogen and oxygen atoms in total. The monoisotopic (exact) mass is 391 g/mol. The molecule has 2 saturated heterocycles. The van der Waals surface area contributed by atoms with Crippen LogP contribution in [0.3, 0.4) is 0 Å². The van der Waals surface area contributed by atoms with Crippen molar-refractivity contribution in [2.75, 3.05) is 26.3 Å². The molecule has 2 fully saturated rings. The van der Waals surface area contributed by atoms with Crippen molar-refractivity contribution >= 4 is 28.5 Å². The Kier molecular flexibility index (Phi) is 3.96. The van der Waals surface area contributed by atoms with Gasteiger partial charge in [0.25, 0.3) is 5.91 Å². The first-order valence-corrected chi connectivity index (χ1v) is 7.70. The molecule has 1 spiro atoms. The van der Waals surface area contributed by atoms with Gasteiger partial charge in [0, 0.05) is 16.5 Å². The van der Waals surface area contributed by atoms with Crippen LogP contribution in [0.2, 0.25) is 0 Å². The number of halogens is 2. The van der Waals surface area contributed by atoms with E-state index < -0.39 is 5.79 Å². The van der Waals surface area contributed by atoms with Crippen LogP contribution in [0.4, 0.5) is 4.39 Å². The Hall–Kier alpha value is -0.730. The quantitative estimate of drug-likeness (QED) is 0.691. The number of hydrogen-bond donors (Lipinski definition) is 0. The first-order chi connectivity index (χ1) is 9.60. The molecule has 6 heteroatoms. The summed E-state index contributed by atoms with van der Waals surface area (Å²) in [5.41, 5.74) is 0.530. The summed E-state index contributed by atoms with van der Waals surface area (Å²) in [4.78, 5) is 14.3. The maximum Gasteiger partial charge on any atom is 0.255 e. The number of piperidine rings is 1. The molecule has 0 N–H and O–H groups in total. The second-order valence-electron chi connectivity index (χ2n) is 5.06. The first-order valence-electron chi connectivity index (χ1n) is 6.62. The zero-order valence-electron chi connectivity index (χ0n) is 10.9. The Balaban J connectivity index is 1.79. The van der Waals surface area contributed by atoms with Gasteiger partial charge in [-0.1, -0.05) is 0 Å². The van der Waals surface area contributed by atoms with Crippen LogP contribution in [0, 0.1) is 9.39 Å². The van der Waals surface area contributed by atoms with Gasteiger partial charge in [-0.25, -0.2) is 4.39 Å². The van der Waals surface area contributed by atoms with Gasteiger partial charge in [-0.3, -0.25) is 4.79 Å². The van der Waals surface area contributed by atoms with Crippen molar-refractivity contribution in [1.82, 2.24) is 4.90 Å². The Bertz CT molecular complexity index is 531. The standard InChI is InChI=1S/C14H15FINO3/c15-10-2-3-11(12(16)8-10)13(18)17-5-1-4-14(9-17)19-6-7-20-14/h2-3,8H,1,4-7,9H2. The average molecular weight is 391 g/mol. The van der Waals surface area contributed by atoms with Gasteiger partial charge in [0.05, 0.1) is 25.3 Å². The van der Waals surface area contributed by atoms with Crippen LogP contribution >= 0.6 is 22.6 Å². The predicted molar refractivity (Wildman–Crippen MR) is 78.9 cm³/mol. The number of nitrogens with zero attached hydrogens (tertiary/aromatic N) is 1. The summed E-state index contributed by atoms with van der Waals surface area (Å²) in [7, 11) is 0. The molecule has 2 aliphatic rings. The van der Waals surface area contributed by atoms with Crippen molar-refractivity contribution in [3.05, 3.63) is 33.1 Å². The molecule has 0 bridgehead atoms. The Morgan fingerprint density at radius 3 is 2.80 bits per heavy atom. The summed E-state index contributed by atoms with van der Waals surface area (Å²) in [6.07, 6.45) is 1.67. The zero-order chi connectivity index (χ0) is 14.2. The maximum atomic E-state index is 13.1. The largest absolute Gasteiger partial charge is 0.346 e. The van der Waals surface area contributed by atoms with Crippen LogP contribution in [0.25, 0.3) is 0 Å². The molecular formula is C14H15FINO3. The molecule has 20 heavy (non-hydrogen) atoms. The van der Waals surface area contributed by atoms with Gasteiger partial charge in [0.15, 0.2) is 5.79 Å². The van der Waals surface area contributed by atoms with Gasteiger partial charge in [-0.15, -0.1) is 0 Å². The lowest BCUT2D eigenvalue weighted by molar-refractivity contribution is -0.183. The molecule has 0 atom stereocenters. The summed E-state index contributed by atoms with van der Waals surface area (Å²) in [5, 5.41) is 0. The van der Waals surface area contributed by atoms with E-state index in [1.807, 2.05) is 22.6 Å². The van der Waals surface area contributed by atoms with Crippen molar-refractivity contribution in [2.24, 2.45) is 0 Å². The van der Waals surface area contributed by atoms with Crippen LogP contribution in [0.1, 0.15) is 23.2 Å². The number of carbonyl (C=O) groups excluding carboxylic acids is 1. The van der Waals surface area contributed by atoms with Crippen molar-refractivity contribution < 1.29 is 18.7 Å². The van der Waals surface area contributed by atoms with E-state index in [2.05, 4.69) is 0 Å². The SMILES string of the molecule is O=C(c1ccc(F)cc1I)N1CCCC2(C1)OCCO2. The highest BCUT2D eigenvalue weighted by Crippen LogP contribution is 2.31. The highest BCUT2D eigenvalue weighted by molar-refractivity contribution is 14.1. The molecule has 1 aromatic rings. The number of benzene rings is 1. The van der Waals surface area contributed by atoms with Gasteiger partial charge < -0.3 is 14.4 Å². The molecule has 2 heterocycles. The van der Waals surface area contributed by atoms with Gasteiger partial charge in [-0.2, -0.15) is 0 Å². The van der Waals surface area contributed by atoms with E-state index in [4.69, 9.17) is 9.47 Å². The molecule has 1 amide bonds. The van der Waals surface area contributed by atoms with Crippen molar-refractivity contribution in [3.63, 3.8) is 0 Å². The molecule has 3 rings (SSSR count). The first kappa shape index (κ1) is 14.2. The fourth-order valence-electron chi connectivity index (χ4n) is 2.73. The van der Waals surface area contributed by atoms with Crippen LogP contribution < -0.4 is 0 Å². The minimum atomic E-state index is -0.626. The maximum absolute atomic E-state index is 13.1. The van der Waals surface area contributed by atoms with E-state index in [0.29, 0.717) is 35.4 Å². The lowest BCUT2D eigenvalue weighted by Gasteiger charge is -2.38. The summed E-state index contributed by atoms with van der Waals surface area (Å²) in [5.74, 6) is -1.05. The van der Waals surface area contributed by atoms with E-state index in [-0.39, 0.29) is 11.7 Å². The molecule has 0 aliphatic carbocycles. The van der Waals surface area contributed by atoms with Crippen molar-refractivity contribution in [2.45, 2.75) is 18.6 Å². The minimum Gasteiger partial charge on any atom is -0.346 e. The second-order valence-corrected chi connectivity index (χ2v) is 6.22. The fourth-order valence-corrected chi connectivity index (χ4v) is 3.44. The third-order valence-electron chi connectivity index (χ3n) is 3.68. The number of likely N-dealkylation sites (tertiary alicyclic amines) is 1. The Morgan fingerprint density at radius 2 is 2.10 bits per heavy atom. The summed E-state index contributed by atoms with van der Waals surface area (Å²) >= 11 is 1.99. The van der Waals surface area contributed by atoms with Crippen LogP contribution in [-0.2, 0) is 9.47 Å². The number of rotatable bonds is 1. The van der Waals surface area contributed by atoms with Crippen molar-refractivity contribution in [1.29, 1.82) is 0 Å². The van der Waals surface area contributed by atoms with Crippen LogP contribution in [0.15, 0.2) is 18.2 Å². The number of hydrogen-bond acceptors (Lipinski definition) is 3. The smallest absolute Gasteiger partial charge is 0.255 e. The molecule has 2 aliphatic heterocycles. The lowest BCUT2D eigenvalue weighted by Crippen LogP contribution is -2.51. The van der Waals surface area contributed by atoms with E-state index in [0.717, 1.165) is 12.8 Å². The molecule has 0 aromatic heterocycles. The Labute approximate surface area is 130 Å². The summed E-state index contributed by atoms with van der Waals surface area (Å²) < 4.78 is 25.1. The average Bonchev–Trinajstić information content (AvgIpc) is 2.86. The molecule has 0 saturated carbocycles. The van der Waals surface area contributed by atoms with Gasteiger partial charge in [0.2, 0.25) is 0 Å². The van der Waals surface area contributed by atoms with Crippen LogP contribution in [0.5, 0.6) is 0 Å². The highest BCUT2D eigenvalue weighted by Gasteiger charge is 2.42. The normalized spacial score (nSPS) is 21.4. The highest BCUT2D eigenvalue weighted by atomic mass is 127. The predicted octanol–water partition coefficient (Wildman–Crippen LogP) is 2.41. The summed E-state index contributed by atoms with van der Waals surface area (Å²) in [6.45, 7) is 2.28. The van der Waals surface area contributed by atoms with Gasteiger partial charge >= 0.3 is 0 Å². The minimum absolute atomic E-state index is 0.0902. The molecular weight excluding hydrogens is 376 g/mol. The topological polar surface area (TPSA) is 38.8 Å². The van der Waals surface area contributed by atoms with E-state index in [9.17, 15) is 9.18 Å². The lowest BCUT2D eigenvalue weighted by atomic mass is 10.0. The molecule has 1 aromatic carbocycles. The third kappa shape index (κ3) is 2.68. The van der Waals surface area contributed by atoms with Crippen LogP contribution in [-0.4, -0.2) is 42.9 Å². The van der Waals surface area contributed by atoms with E-state index in [1.54, 1.807) is 4.90 Å². The molecule has 0 radical (unpaired) electrons. The number of carbonyl (C=O) groups is 1. The number of amides is 1. The molecule has 108 valence electrons. The number of ether oxygens (including phenoxy) is 2. The van der Waals surface area contributed by atoms with Gasteiger partial charge in [-0.05, 0) is 47.2 Å². The molecule has 0 unspecified atom stereocenters. The Morgan fingerprint density at radius 1 is 1.35 bits per heavy atom. The van der Waals surface area contributed by atoms with E-state index >= 15 is 0 Å². The third-order valence-corrected chi connectivity index (χ3v) is 4.57. The van der Waals surface area contributed by atoms with Crippen molar-refractivity contribution in [3.8, 4) is 0 Å². The second kappa shape index (κ2) is 5.57.